The highest BCUT2D eigenvalue weighted by atomic mass is 35.5. The largest absolute Gasteiger partial charge is 0.354 e. The van der Waals surface area contributed by atoms with Crippen LogP contribution in [0, 0.1) is 0 Å². The number of rotatable bonds is 7. The Morgan fingerprint density at radius 2 is 1.74 bits per heavy atom. The summed E-state index contributed by atoms with van der Waals surface area (Å²) in [6.07, 6.45) is 5.83. The summed E-state index contributed by atoms with van der Waals surface area (Å²) in [6, 6.07) is 19.3. The molecule has 170 valence electrons. The van der Waals surface area contributed by atoms with Crippen LogP contribution in [0.4, 0.5) is 5.95 Å². The smallest absolute Gasteiger partial charge is 0.210 e. The van der Waals surface area contributed by atoms with Gasteiger partial charge in [-0.15, -0.1) is 10.2 Å². The van der Waals surface area contributed by atoms with Crippen LogP contribution in [0.25, 0.3) is 28.0 Å². The fourth-order valence-corrected chi connectivity index (χ4v) is 4.15. The zero-order valence-corrected chi connectivity index (χ0v) is 19.6. The van der Waals surface area contributed by atoms with Crippen LogP contribution in [-0.2, 0) is 6.42 Å². The van der Waals surface area contributed by atoms with Crippen molar-refractivity contribution in [2.24, 2.45) is 5.73 Å². The van der Waals surface area contributed by atoms with Crippen molar-refractivity contribution >= 4 is 34.8 Å². The first kappa shape index (κ1) is 22.3. The van der Waals surface area contributed by atoms with E-state index in [1.54, 1.807) is 24.8 Å². The molecule has 0 aliphatic heterocycles. The Bertz CT molecular complexity index is 1420. The van der Waals surface area contributed by atoms with Crippen molar-refractivity contribution < 1.29 is 0 Å². The van der Waals surface area contributed by atoms with Gasteiger partial charge in [-0.3, -0.25) is 9.38 Å². The Hall–Kier alpha value is -3.52. The highest BCUT2D eigenvalue weighted by Crippen LogP contribution is 2.37. The molecule has 5 aromatic rings. The first-order chi connectivity index (χ1) is 16.6. The second-order valence-electron chi connectivity index (χ2n) is 7.88. The molecule has 3 N–H and O–H groups in total. The summed E-state index contributed by atoms with van der Waals surface area (Å²) in [5.41, 5.74) is 11.5. The maximum absolute atomic E-state index is 6.41. The number of nitrogens with two attached hydrogens (primary N) is 1. The fourth-order valence-electron chi connectivity index (χ4n) is 3.85. The van der Waals surface area contributed by atoms with E-state index in [-0.39, 0.29) is 6.04 Å². The number of hydrogen-bond acceptors (Lipinski definition) is 6. The maximum Gasteiger partial charge on any atom is 0.210 e. The normalized spacial score (nSPS) is 12.1. The lowest BCUT2D eigenvalue weighted by atomic mass is 10.0. The fraction of sp³-hybridized carbons (Fsp3) is 0.120. The Morgan fingerprint density at radius 3 is 2.50 bits per heavy atom. The third-order valence-corrected chi connectivity index (χ3v) is 6.22. The molecule has 7 nitrogen and oxygen atoms in total. The Balaban J connectivity index is 1.56. The molecule has 2 aromatic carbocycles. The topological polar surface area (TPSA) is 94.0 Å². The molecule has 0 unspecified atom stereocenters. The molecule has 3 heterocycles. The van der Waals surface area contributed by atoms with Crippen LogP contribution in [0.2, 0.25) is 10.0 Å². The quantitative estimate of drug-likeness (QED) is 0.328. The molecule has 9 heteroatoms. The number of fused-ring (bicyclic) bond motifs is 1. The minimum atomic E-state index is -0.102. The molecule has 0 saturated carbocycles. The minimum Gasteiger partial charge on any atom is -0.354 e. The highest BCUT2D eigenvalue weighted by Gasteiger charge is 2.20. The lowest BCUT2D eigenvalue weighted by molar-refractivity contribution is 0.695. The molecule has 1 atom stereocenters. The van der Waals surface area contributed by atoms with Crippen LogP contribution in [0.3, 0.4) is 0 Å². The summed E-state index contributed by atoms with van der Waals surface area (Å²) >= 11 is 12.5. The number of benzene rings is 2. The molecule has 0 saturated heterocycles. The van der Waals surface area contributed by atoms with Gasteiger partial charge in [-0.1, -0.05) is 59.6 Å². The van der Waals surface area contributed by atoms with Crippen molar-refractivity contribution in [1.82, 2.24) is 24.6 Å². The molecule has 3 aromatic heterocycles. The Labute approximate surface area is 206 Å². The second kappa shape index (κ2) is 9.77. The summed E-state index contributed by atoms with van der Waals surface area (Å²) in [5, 5.41) is 12.9. The van der Waals surface area contributed by atoms with Crippen LogP contribution in [-0.4, -0.2) is 37.2 Å². The number of hydrogen-bond donors (Lipinski definition) is 2. The lowest BCUT2D eigenvalue weighted by Crippen LogP contribution is -2.32. The average Bonchev–Trinajstić information content (AvgIpc) is 3.35. The number of pyridine rings is 1. The van der Waals surface area contributed by atoms with E-state index >= 15 is 0 Å². The van der Waals surface area contributed by atoms with Crippen molar-refractivity contribution in [1.29, 1.82) is 0 Å². The van der Waals surface area contributed by atoms with Crippen LogP contribution in [0.5, 0.6) is 0 Å². The highest BCUT2D eigenvalue weighted by molar-refractivity contribution is 6.42. The van der Waals surface area contributed by atoms with Crippen molar-refractivity contribution in [2.45, 2.75) is 12.5 Å². The van der Waals surface area contributed by atoms with Crippen molar-refractivity contribution in [3.05, 3.63) is 95.0 Å². The summed E-state index contributed by atoms with van der Waals surface area (Å²) in [7, 11) is 0. The van der Waals surface area contributed by atoms with E-state index in [2.05, 4.69) is 32.6 Å². The minimum absolute atomic E-state index is 0.102. The third kappa shape index (κ3) is 4.59. The molecular formula is C25H21Cl2N7. The van der Waals surface area contributed by atoms with Crippen LogP contribution in [0.1, 0.15) is 5.56 Å². The van der Waals surface area contributed by atoms with Gasteiger partial charge in [0.1, 0.15) is 6.33 Å². The monoisotopic (exact) mass is 489 g/mol. The molecule has 5 rings (SSSR count). The van der Waals surface area contributed by atoms with E-state index in [9.17, 15) is 0 Å². The molecule has 0 aliphatic carbocycles. The average molecular weight is 490 g/mol. The summed E-state index contributed by atoms with van der Waals surface area (Å²) < 4.78 is 1.82. The summed E-state index contributed by atoms with van der Waals surface area (Å²) in [5.74, 6) is 0.596. The second-order valence-corrected chi connectivity index (χ2v) is 8.69. The van der Waals surface area contributed by atoms with Crippen molar-refractivity contribution in [3.8, 4) is 22.4 Å². The number of aromatic nitrogens is 5. The SMILES string of the molecule is N[C@@H](CNc1nc(-c2ccncc2)c(-c2ccc(Cl)c(Cl)c2)c2nncn12)Cc1ccccc1. The maximum atomic E-state index is 6.41. The van der Waals surface area contributed by atoms with Gasteiger partial charge in [0.2, 0.25) is 5.95 Å². The predicted molar refractivity (Wildman–Crippen MR) is 136 cm³/mol. The molecule has 0 spiro atoms. The lowest BCUT2D eigenvalue weighted by Gasteiger charge is -2.17. The zero-order chi connectivity index (χ0) is 23.5. The molecule has 0 amide bonds. The molecular weight excluding hydrogens is 469 g/mol. The van der Waals surface area contributed by atoms with Gasteiger partial charge in [-0.2, -0.15) is 0 Å². The van der Waals surface area contributed by atoms with Gasteiger partial charge in [0.25, 0.3) is 0 Å². The first-order valence-electron chi connectivity index (χ1n) is 10.7. The summed E-state index contributed by atoms with van der Waals surface area (Å²) in [6.45, 7) is 0.525. The molecule has 0 aliphatic rings. The number of anilines is 1. The third-order valence-electron chi connectivity index (χ3n) is 5.48. The van der Waals surface area contributed by atoms with Crippen molar-refractivity contribution in [3.63, 3.8) is 0 Å². The Morgan fingerprint density at radius 1 is 0.941 bits per heavy atom. The van der Waals surface area contributed by atoms with Crippen LogP contribution >= 0.6 is 23.2 Å². The van der Waals surface area contributed by atoms with E-state index in [0.717, 1.165) is 28.8 Å². The van der Waals surface area contributed by atoms with Gasteiger partial charge in [0.05, 0.1) is 21.3 Å². The molecule has 34 heavy (non-hydrogen) atoms. The summed E-state index contributed by atoms with van der Waals surface area (Å²) in [4.78, 5) is 9.10. The van der Waals surface area contributed by atoms with Gasteiger partial charge in [0, 0.05) is 30.5 Å². The number of nitrogens with one attached hydrogen (secondary N) is 1. The van der Waals surface area contributed by atoms with Gasteiger partial charge >= 0.3 is 0 Å². The molecule has 0 radical (unpaired) electrons. The van der Waals surface area contributed by atoms with Gasteiger partial charge in [-0.25, -0.2) is 4.98 Å². The van der Waals surface area contributed by atoms with E-state index in [1.807, 2.05) is 46.9 Å². The number of halogens is 2. The van der Waals surface area contributed by atoms with Gasteiger partial charge < -0.3 is 11.1 Å². The van der Waals surface area contributed by atoms with E-state index in [1.165, 1.54) is 5.56 Å². The van der Waals surface area contributed by atoms with Gasteiger partial charge in [-0.05, 0) is 41.8 Å². The van der Waals surface area contributed by atoms with E-state index < -0.39 is 0 Å². The van der Waals surface area contributed by atoms with Crippen LogP contribution in [0.15, 0.2) is 79.4 Å². The van der Waals surface area contributed by atoms with Crippen LogP contribution < -0.4 is 11.1 Å². The molecule has 0 bridgehead atoms. The Kier molecular flexibility index (Phi) is 6.40. The molecule has 0 fully saturated rings. The van der Waals surface area contributed by atoms with E-state index in [0.29, 0.717) is 28.2 Å². The van der Waals surface area contributed by atoms with E-state index in [4.69, 9.17) is 33.9 Å². The zero-order valence-electron chi connectivity index (χ0n) is 18.1. The number of nitrogens with zero attached hydrogens (tertiary/aromatic N) is 5. The predicted octanol–water partition coefficient (Wildman–Crippen LogP) is 5.14. The first-order valence-corrected chi connectivity index (χ1v) is 11.5. The standard InChI is InChI=1S/C25H21Cl2N7/c26-20-7-6-18(13-21(20)27)22-23(17-8-10-29-11-9-17)32-25(34-15-31-33-24(22)34)30-14-19(28)12-16-4-2-1-3-5-16/h1-11,13,15,19H,12,14,28H2,(H,30,32)/t19-/m1/s1. The van der Waals surface area contributed by atoms with Crippen molar-refractivity contribution in [2.75, 3.05) is 11.9 Å². The van der Waals surface area contributed by atoms with Gasteiger partial charge in [0.15, 0.2) is 5.65 Å².